The molecule has 2 aromatic heterocycles. The maximum absolute atomic E-state index is 10.5. The first-order valence-electron chi connectivity index (χ1n) is 32.0. The number of fused-ring (bicyclic) bond motifs is 5. The molecule has 0 atom stereocenters. The van der Waals surface area contributed by atoms with Gasteiger partial charge in [0.2, 0.25) is 0 Å². The third kappa shape index (κ3) is 12.0. The van der Waals surface area contributed by atoms with E-state index in [1.54, 1.807) is 12.3 Å². The summed E-state index contributed by atoms with van der Waals surface area (Å²) < 4.78 is 77.3. The summed E-state index contributed by atoms with van der Waals surface area (Å²) in [6.45, 7) is 35.4. The van der Waals surface area contributed by atoms with Crippen molar-refractivity contribution < 1.29 is 35.4 Å². The SMILES string of the molecule is [2H]c1c([2H])c2c(c([2H])c1-c1cc(CC(C)(C)C)cc(-c3cc(C(C)(C)C)cc(C([2H])([2H])C(C)(C)C)c3)c1N1[CH-]N(c3[c-]c(Oc4[c-]c5c(cc4)c4ccccc4n5-c4cc(C([2H])([2H])C(C)(C)C)ccn4)ccc3)c3ccccc31)C(C)(C)CCC2(C)C.[Pt]. The van der Waals surface area contributed by atoms with E-state index in [1.807, 2.05) is 125 Å². The van der Waals surface area contributed by atoms with Crippen LogP contribution >= 0.6 is 0 Å². The van der Waals surface area contributed by atoms with E-state index in [0.29, 0.717) is 57.4 Å². The molecule has 7 aromatic carbocycles. The van der Waals surface area contributed by atoms with Crippen molar-refractivity contribution in [2.45, 2.75) is 159 Å². The molecule has 1 aliphatic carbocycles. The zero-order chi connectivity index (χ0) is 63.1. The van der Waals surface area contributed by atoms with Crippen LogP contribution in [-0.4, -0.2) is 9.55 Å². The molecule has 0 fully saturated rings. The molecular formula is C75H83N4OPt-3. The molecule has 6 heteroatoms. The fourth-order valence-corrected chi connectivity index (χ4v) is 11.7. The molecule has 0 saturated heterocycles. The standard InChI is InChI=1S/C75H83N4O.Pt/c1-70(2,3)45-49-32-35-76-68(40-49)79-64-25-18-17-24-58(64)59-30-29-57(44-67(59)79)80-56-23-21-22-55(43-56)77-48-78(66-27-20-19-26-65(66)77)69-60(52-28-31-62-63(42-52)75(15,16)34-33-74(62,13)14)38-51(47-72(7,8)9)39-61(69)53-36-50(46-71(4,5)6)37-54(41-53)73(10,11)12;/h17-32,35-42,48H,33-34,45-47H2,1-16H3;/q-3;/i28D,31D,42D,45D2,46D2;. The van der Waals surface area contributed by atoms with E-state index < -0.39 is 34.4 Å². The van der Waals surface area contributed by atoms with Gasteiger partial charge in [-0.25, -0.2) is 4.98 Å². The van der Waals surface area contributed by atoms with Gasteiger partial charge in [-0.3, -0.25) is 0 Å². The predicted molar refractivity (Wildman–Crippen MR) is 339 cm³/mol. The summed E-state index contributed by atoms with van der Waals surface area (Å²) in [6, 6.07) is 47.9. The Morgan fingerprint density at radius 1 is 0.605 bits per heavy atom. The van der Waals surface area contributed by atoms with Gasteiger partial charge in [0.25, 0.3) is 0 Å². The van der Waals surface area contributed by atoms with Gasteiger partial charge in [-0.2, -0.15) is 12.1 Å². The van der Waals surface area contributed by atoms with Gasteiger partial charge in [0.1, 0.15) is 5.82 Å². The van der Waals surface area contributed by atoms with Gasteiger partial charge in [-0.1, -0.05) is 183 Å². The first kappa shape index (κ1) is 49.2. The molecule has 81 heavy (non-hydrogen) atoms. The van der Waals surface area contributed by atoms with E-state index in [9.17, 15) is 6.85 Å². The molecule has 422 valence electrons. The number of para-hydroxylation sites is 3. The largest absolute Gasteiger partial charge is 0.509 e. The minimum atomic E-state index is -1.74. The summed E-state index contributed by atoms with van der Waals surface area (Å²) in [5.41, 5.74) is 9.29. The number of aromatic nitrogens is 2. The van der Waals surface area contributed by atoms with Crippen LogP contribution < -0.4 is 14.5 Å². The predicted octanol–water partition coefficient (Wildman–Crippen LogP) is 20.7. The van der Waals surface area contributed by atoms with E-state index in [4.69, 9.17) is 12.5 Å². The van der Waals surface area contributed by atoms with Crippen LogP contribution in [0.1, 0.15) is 167 Å². The van der Waals surface area contributed by atoms with Crippen LogP contribution in [0.3, 0.4) is 0 Å². The Kier molecular flexibility index (Phi) is 12.8. The average molecular weight is 1260 g/mol. The fourth-order valence-electron chi connectivity index (χ4n) is 11.7. The Hall–Kier alpha value is -6.42. The maximum atomic E-state index is 10.5. The molecule has 0 N–H and O–H groups in total. The summed E-state index contributed by atoms with van der Waals surface area (Å²) in [7, 11) is 0. The maximum Gasteiger partial charge on any atom is 0.135 e. The quantitative estimate of drug-likeness (QED) is 0.128. The smallest absolute Gasteiger partial charge is 0.135 e. The van der Waals surface area contributed by atoms with Crippen LogP contribution in [0.2, 0.25) is 0 Å². The minimum Gasteiger partial charge on any atom is -0.509 e. The van der Waals surface area contributed by atoms with Crippen LogP contribution in [0.15, 0.2) is 146 Å². The summed E-state index contributed by atoms with van der Waals surface area (Å²) in [4.78, 5) is 9.06. The summed E-state index contributed by atoms with van der Waals surface area (Å²) in [6.07, 6.45) is 0.634. The molecule has 9 aromatic rings. The Labute approximate surface area is 509 Å². The molecule has 1 aliphatic heterocycles. The number of anilines is 4. The van der Waals surface area contributed by atoms with Gasteiger partial charge in [0.15, 0.2) is 0 Å². The number of nitrogens with zero attached hydrogens (tertiary/aromatic N) is 4. The van der Waals surface area contributed by atoms with E-state index in [1.165, 1.54) is 0 Å². The van der Waals surface area contributed by atoms with Gasteiger partial charge in [0.05, 0.1) is 4.11 Å². The Morgan fingerprint density at radius 2 is 1.25 bits per heavy atom. The molecule has 0 bridgehead atoms. The van der Waals surface area contributed by atoms with Crippen LogP contribution in [0, 0.1) is 35.0 Å². The number of benzene rings is 7. The molecule has 0 radical (unpaired) electrons. The Balaban J connectivity index is 0.00000855. The normalized spacial score (nSPS) is 16.8. The molecule has 0 unspecified atom stereocenters. The Bertz CT molecular complexity index is 4210. The zero-order valence-electron chi connectivity index (χ0n) is 57.3. The van der Waals surface area contributed by atoms with E-state index >= 15 is 0 Å². The summed E-state index contributed by atoms with van der Waals surface area (Å²) in [5.74, 6) is 1.47. The van der Waals surface area contributed by atoms with Gasteiger partial charge in [0, 0.05) is 77.9 Å². The third-order valence-electron chi connectivity index (χ3n) is 15.5. The third-order valence-corrected chi connectivity index (χ3v) is 15.5. The van der Waals surface area contributed by atoms with Crippen LogP contribution in [0.25, 0.3) is 49.9 Å². The van der Waals surface area contributed by atoms with E-state index in [-0.39, 0.29) is 50.0 Å². The summed E-state index contributed by atoms with van der Waals surface area (Å²) in [5, 5.41) is 1.95. The second-order valence-corrected chi connectivity index (χ2v) is 28.0. The van der Waals surface area contributed by atoms with Crippen molar-refractivity contribution >= 4 is 44.6 Å². The van der Waals surface area contributed by atoms with Crippen molar-refractivity contribution in [2.75, 3.05) is 9.80 Å². The van der Waals surface area contributed by atoms with Crippen molar-refractivity contribution in [1.29, 1.82) is 0 Å². The number of rotatable bonds is 10. The van der Waals surface area contributed by atoms with Crippen LogP contribution in [-0.2, 0) is 56.5 Å². The topological polar surface area (TPSA) is 33.5 Å². The van der Waals surface area contributed by atoms with Crippen LogP contribution in [0.5, 0.6) is 11.5 Å². The molecular weight excluding hydrogens is 1170 g/mol. The summed E-state index contributed by atoms with van der Waals surface area (Å²) >= 11 is 0. The Morgan fingerprint density at radius 3 is 1.94 bits per heavy atom. The second kappa shape index (κ2) is 21.1. The van der Waals surface area contributed by atoms with Crippen molar-refractivity contribution in [3.63, 3.8) is 0 Å². The molecule has 11 rings (SSSR count). The molecule has 5 nitrogen and oxygen atoms in total. The zero-order valence-corrected chi connectivity index (χ0v) is 52.6. The first-order valence-corrected chi connectivity index (χ1v) is 28.5. The van der Waals surface area contributed by atoms with Crippen LogP contribution in [0.4, 0.5) is 22.7 Å². The first-order chi connectivity index (χ1) is 40.4. The molecule has 0 saturated carbocycles. The van der Waals surface area contributed by atoms with E-state index in [2.05, 4.69) is 134 Å². The van der Waals surface area contributed by atoms with Gasteiger partial charge in [-0.05, 0) is 157 Å². The van der Waals surface area contributed by atoms with Crippen molar-refractivity contribution in [3.05, 3.63) is 198 Å². The number of ether oxygens (including phenoxy) is 1. The number of pyridine rings is 1. The minimum absolute atomic E-state index is 0. The molecule has 2 aliphatic rings. The molecule has 3 heterocycles. The van der Waals surface area contributed by atoms with Crippen molar-refractivity contribution in [2.24, 2.45) is 16.2 Å². The fraction of sp³-hybridized carbons (Fsp3) is 0.360. The number of hydrogen-bond acceptors (Lipinski definition) is 4. The molecule has 0 spiro atoms. The monoisotopic (exact) mass is 1260 g/mol. The van der Waals surface area contributed by atoms with Gasteiger partial charge >= 0.3 is 0 Å². The second-order valence-electron chi connectivity index (χ2n) is 28.0. The van der Waals surface area contributed by atoms with Gasteiger partial charge in [-0.15, -0.1) is 48.1 Å². The van der Waals surface area contributed by atoms with Gasteiger partial charge < -0.3 is 19.1 Å². The van der Waals surface area contributed by atoms with Crippen molar-refractivity contribution in [3.8, 4) is 39.6 Å². The van der Waals surface area contributed by atoms with Crippen molar-refractivity contribution in [1.82, 2.24) is 9.55 Å². The molecule has 0 amide bonds. The average Bonchev–Trinajstić information content (AvgIpc) is 1.03. The number of hydrogen-bond donors (Lipinski definition) is 0. The van der Waals surface area contributed by atoms with E-state index in [0.717, 1.165) is 79.4 Å².